The van der Waals surface area contributed by atoms with Gasteiger partial charge in [0.25, 0.3) is 5.91 Å². The first-order valence-corrected chi connectivity index (χ1v) is 12.0. The lowest BCUT2D eigenvalue weighted by Gasteiger charge is -2.28. The largest absolute Gasteiger partial charge is 0.348 e. The third kappa shape index (κ3) is 4.33. The number of para-hydroxylation sites is 1. The first kappa shape index (κ1) is 24.5. The molecule has 190 valence electrons. The molecule has 0 radical (unpaired) electrons. The molecule has 5 rings (SSSR count). The highest BCUT2D eigenvalue weighted by Gasteiger charge is 2.53. The molecular weight excluding hydrogens is 478 g/mol. The monoisotopic (exact) mass is 504 g/mol. The lowest BCUT2D eigenvalue weighted by atomic mass is 9.80. The van der Waals surface area contributed by atoms with Crippen molar-refractivity contribution in [2.45, 2.75) is 43.8 Å². The minimum absolute atomic E-state index is 0.0540. The first-order chi connectivity index (χ1) is 17.5. The average Bonchev–Trinajstić information content (AvgIpc) is 3.55. The fourth-order valence-corrected chi connectivity index (χ4v) is 5.29. The highest BCUT2D eigenvalue weighted by atomic mass is 19.1. The fraction of sp³-hybridized carbons (Fsp3) is 0.321. The molecule has 1 fully saturated rings. The molecule has 9 heteroatoms. The molecule has 2 atom stereocenters. The number of alkyl halides is 1. The van der Waals surface area contributed by atoms with E-state index in [0.29, 0.717) is 23.1 Å². The number of carbonyl (C=O) groups excluding carboxylic acids is 3. The van der Waals surface area contributed by atoms with E-state index in [4.69, 9.17) is 6.42 Å². The van der Waals surface area contributed by atoms with Crippen LogP contribution in [0.4, 0.5) is 14.5 Å². The van der Waals surface area contributed by atoms with Crippen molar-refractivity contribution in [3.63, 3.8) is 0 Å². The van der Waals surface area contributed by atoms with Gasteiger partial charge >= 0.3 is 0 Å². The number of carbonyl (C=O) groups is 3. The Morgan fingerprint density at radius 2 is 2.05 bits per heavy atom. The lowest BCUT2D eigenvalue weighted by molar-refractivity contribution is -0.133. The van der Waals surface area contributed by atoms with E-state index in [0.717, 1.165) is 5.56 Å². The fourth-order valence-electron chi connectivity index (χ4n) is 5.29. The van der Waals surface area contributed by atoms with Crippen LogP contribution in [0.1, 0.15) is 48.3 Å². The average molecular weight is 505 g/mol. The van der Waals surface area contributed by atoms with Gasteiger partial charge in [-0.1, -0.05) is 18.1 Å². The third-order valence-electron chi connectivity index (χ3n) is 7.11. The van der Waals surface area contributed by atoms with Crippen LogP contribution in [-0.2, 0) is 15.0 Å². The second-order valence-electron chi connectivity index (χ2n) is 10.3. The number of aromatic amines is 1. The van der Waals surface area contributed by atoms with Crippen LogP contribution in [0.15, 0.2) is 42.5 Å². The van der Waals surface area contributed by atoms with E-state index in [9.17, 15) is 23.2 Å². The third-order valence-corrected chi connectivity index (χ3v) is 7.11. The molecule has 7 nitrogen and oxygen atoms in total. The van der Waals surface area contributed by atoms with Crippen molar-refractivity contribution < 1.29 is 23.2 Å². The molecule has 1 saturated heterocycles. The molecule has 3 amide bonds. The molecule has 1 spiro atoms. The summed E-state index contributed by atoms with van der Waals surface area (Å²) in [5.74, 6) is 0.682. The lowest BCUT2D eigenvalue weighted by Crippen LogP contribution is -2.51. The highest BCUT2D eigenvalue weighted by molar-refractivity contribution is 6.07. The second-order valence-corrected chi connectivity index (χ2v) is 10.3. The van der Waals surface area contributed by atoms with Crippen molar-refractivity contribution in [2.75, 3.05) is 18.4 Å². The molecule has 0 unspecified atom stereocenters. The smallest absolute Gasteiger partial charge is 0.268 e. The van der Waals surface area contributed by atoms with E-state index in [1.165, 1.54) is 36.9 Å². The van der Waals surface area contributed by atoms with Crippen LogP contribution in [0, 0.1) is 18.2 Å². The van der Waals surface area contributed by atoms with E-state index in [-0.39, 0.29) is 36.6 Å². The number of hydrogen-bond donors (Lipinski definition) is 3. The van der Waals surface area contributed by atoms with Gasteiger partial charge in [0.2, 0.25) is 11.8 Å². The maximum atomic E-state index is 14.7. The van der Waals surface area contributed by atoms with E-state index in [2.05, 4.69) is 21.5 Å². The van der Waals surface area contributed by atoms with Gasteiger partial charge in [-0.05, 0) is 56.2 Å². The molecule has 3 heterocycles. The Morgan fingerprint density at radius 3 is 2.76 bits per heavy atom. The predicted molar refractivity (Wildman–Crippen MR) is 135 cm³/mol. The number of nitrogens with zero attached hydrogens (tertiary/aromatic N) is 1. The molecule has 0 aliphatic carbocycles. The molecule has 2 aliphatic rings. The quantitative estimate of drug-likeness (QED) is 0.463. The van der Waals surface area contributed by atoms with E-state index < -0.39 is 34.8 Å². The molecule has 2 aromatic carbocycles. The molecule has 3 N–H and O–H groups in total. The number of anilines is 1. The Hall–Kier alpha value is -4.19. The van der Waals surface area contributed by atoms with E-state index in [1.54, 1.807) is 24.3 Å². The van der Waals surface area contributed by atoms with Crippen molar-refractivity contribution >= 4 is 34.3 Å². The summed E-state index contributed by atoms with van der Waals surface area (Å²) in [5, 5.41) is 5.99. The Balaban J connectivity index is 1.40. The van der Waals surface area contributed by atoms with E-state index in [1.807, 2.05) is 0 Å². The number of rotatable bonds is 5. The van der Waals surface area contributed by atoms with Crippen LogP contribution < -0.4 is 10.6 Å². The van der Waals surface area contributed by atoms with Crippen molar-refractivity contribution in [1.82, 2.24) is 15.2 Å². The molecule has 3 aromatic rings. The zero-order valence-corrected chi connectivity index (χ0v) is 20.5. The van der Waals surface area contributed by atoms with Crippen LogP contribution in [-0.4, -0.2) is 52.4 Å². The van der Waals surface area contributed by atoms with Gasteiger partial charge in [0, 0.05) is 36.1 Å². The summed E-state index contributed by atoms with van der Waals surface area (Å²) in [6.45, 7) is 2.98. The van der Waals surface area contributed by atoms with Gasteiger partial charge < -0.3 is 20.5 Å². The standard InChI is InChI=1S/C28H26F2N4O3/c1-4-16-8-9-20-18(12-16)28(26(37)33-20)10-11-34(15-28)25(36)22(14-27(2,3)30)32-24(35)21-13-17-6-5-7-19(29)23(17)31-21/h1,5-9,12-13,22,31H,10-11,14-15H2,2-3H3,(H,32,35)(H,33,37)/t22-,28-/m0/s1. The van der Waals surface area contributed by atoms with Crippen molar-refractivity contribution in [3.05, 3.63) is 65.1 Å². The Kier molecular flexibility index (Phi) is 5.78. The van der Waals surface area contributed by atoms with Crippen LogP contribution in [0.2, 0.25) is 0 Å². The van der Waals surface area contributed by atoms with Crippen LogP contribution in [0.25, 0.3) is 10.9 Å². The van der Waals surface area contributed by atoms with Crippen LogP contribution in [0.3, 0.4) is 0 Å². The summed E-state index contributed by atoms with van der Waals surface area (Å²) >= 11 is 0. The maximum Gasteiger partial charge on any atom is 0.268 e. The zero-order chi connectivity index (χ0) is 26.5. The van der Waals surface area contributed by atoms with Gasteiger partial charge in [0.15, 0.2) is 0 Å². The highest BCUT2D eigenvalue weighted by Crippen LogP contribution is 2.44. The van der Waals surface area contributed by atoms with Crippen LogP contribution in [0.5, 0.6) is 0 Å². The van der Waals surface area contributed by atoms with Gasteiger partial charge in [0.1, 0.15) is 23.2 Å². The minimum atomic E-state index is -1.77. The molecule has 37 heavy (non-hydrogen) atoms. The van der Waals surface area contributed by atoms with E-state index >= 15 is 0 Å². The van der Waals surface area contributed by atoms with Crippen molar-refractivity contribution in [3.8, 4) is 12.3 Å². The number of H-pyrrole nitrogens is 1. The summed E-state index contributed by atoms with van der Waals surface area (Å²) in [4.78, 5) is 43.9. The van der Waals surface area contributed by atoms with Gasteiger partial charge in [-0.3, -0.25) is 14.4 Å². The summed E-state index contributed by atoms with van der Waals surface area (Å²) < 4.78 is 28.8. The number of likely N-dealkylation sites (tertiary alicyclic amines) is 1. The SMILES string of the molecule is C#Cc1ccc2c(c1)[C@@]1(CCN(C(=O)[C@H](CC(C)(C)F)NC(=O)c3cc4cccc(F)c4[nH]3)C1)C(=O)N2. The summed E-state index contributed by atoms with van der Waals surface area (Å²) in [6.07, 6.45) is 5.64. The number of nitrogens with one attached hydrogen (secondary N) is 3. The summed E-state index contributed by atoms with van der Waals surface area (Å²) in [5.41, 5.74) is -0.506. The number of halogens is 2. The van der Waals surface area contributed by atoms with Gasteiger partial charge in [-0.2, -0.15) is 0 Å². The number of fused-ring (bicyclic) bond motifs is 3. The Labute approximate surface area is 212 Å². The van der Waals surface area contributed by atoms with Gasteiger partial charge in [0.05, 0.1) is 10.9 Å². The normalized spacial score (nSPS) is 19.5. The Morgan fingerprint density at radius 1 is 1.27 bits per heavy atom. The predicted octanol–water partition coefficient (Wildman–Crippen LogP) is 3.65. The summed E-state index contributed by atoms with van der Waals surface area (Å²) in [6, 6.07) is 9.99. The van der Waals surface area contributed by atoms with Crippen molar-refractivity contribution in [2.24, 2.45) is 0 Å². The summed E-state index contributed by atoms with van der Waals surface area (Å²) in [7, 11) is 0. The minimum Gasteiger partial charge on any atom is -0.348 e. The molecule has 0 bridgehead atoms. The number of hydrogen-bond acceptors (Lipinski definition) is 3. The number of amides is 3. The molecular formula is C28H26F2N4O3. The molecule has 2 aliphatic heterocycles. The maximum absolute atomic E-state index is 14.7. The molecule has 1 aromatic heterocycles. The van der Waals surface area contributed by atoms with Gasteiger partial charge in [-0.25, -0.2) is 8.78 Å². The first-order valence-electron chi connectivity index (χ1n) is 12.0. The van der Waals surface area contributed by atoms with Gasteiger partial charge in [-0.15, -0.1) is 6.42 Å². The van der Waals surface area contributed by atoms with Crippen LogP contribution >= 0.6 is 0 Å². The Bertz CT molecular complexity index is 1480. The topological polar surface area (TPSA) is 94.3 Å². The number of terminal acetylenes is 1. The number of aromatic nitrogens is 1. The number of benzene rings is 2. The zero-order valence-electron chi connectivity index (χ0n) is 20.5. The second kappa shape index (κ2) is 8.73. The molecule has 0 saturated carbocycles. The van der Waals surface area contributed by atoms with Crippen molar-refractivity contribution in [1.29, 1.82) is 0 Å².